The van der Waals surface area contributed by atoms with E-state index >= 15 is 0 Å². The molecule has 0 aliphatic heterocycles. The van der Waals surface area contributed by atoms with Gasteiger partial charge in [-0.1, -0.05) is 44.2 Å². The number of benzene rings is 2. The Kier molecular flexibility index (Phi) is 6.79. The second kappa shape index (κ2) is 9.49. The average molecular weight is 414 g/mol. The lowest BCUT2D eigenvalue weighted by molar-refractivity contribution is 0.223. The summed E-state index contributed by atoms with van der Waals surface area (Å²) < 4.78 is 29.2. The van der Waals surface area contributed by atoms with Crippen LogP contribution in [0.5, 0.6) is 0 Å². The highest BCUT2D eigenvalue weighted by atomic mass is 19.1. The molecule has 3 rings (SSSR count). The van der Waals surface area contributed by atoms with Gasteiger partial charge in [-0.15, -0.1) is 0 Å². The maximum Gasteiger partial charge on any atom is 0.320 e. The third-order valence-corrected chi connectivity index (χ3v) is 4.63. The first-order chi connectivity index (χ1) is 14.4. The fourth-order valence-electron chi connectivity index (χ4n) is 3.01. The zero-order chi connectivity index (χ0) is 21.7. The number of amides is 2. The Labute approximate surface area is 173 Å². The summed E-state index contributed by atoms with van der Waals surface area (Å²) in [5.74, 6) is -0.768. The normalized spacial score (nSPS) is 12.1. The van der Waals surface area contributed by atoms with Crippen LogP contribution in [0.2, 0.25) is 0 Å². The van der Waals surface area contributed by atoms with E-state index in [0.29, 0.717) is 12.4 Å². The fourth-order valence-corrected chi connectivity index (χ4v) is 3.01. The number of halogens is 2. The van der Waals surface area contributed by atoms with Gasteiger partial charge in [0.15, 0.2) is 0 Å². The van der Waals surface area contributed by atoms with E-state index in [1.165, 1.54) is 0 Å². The van der Waals surface area contributed by atoms with Crippen LogP contribution in [0.25, 0.3) is 0 Å². The van der Waals surface area contributed by atoms with Gasteiger partial charge >= 0.3 is 6.03 Å². The summed E-state index contributed by atoms with van der Waals surface area (Å²) in [4.78, 5) is 12.5. The summed E-state index contributed by atoms with van der Waals surface area (Å²) in [5, 5.41) is 19.3. The predicted octanol–water partition coefficient (Wildman–Crippen LogP) is 4.19. The van der Waals surface area contributed by atoms with E-state index in [4.69, 9.17) is 0 Å². The minimum atomic E-state index is -1.10. The first kappa shape index (κ1) is 21.4. The molecular formula is C22H24F2N4O2. The van der Waals surface area contributed by atoms with E-state index in [2.05, 4.69) is 15.7 Å². The summed E-state index contributed by atoms with van der Waals surface area (Å²) >= 11 is 0. The topological polar surface area (TPSA) is 79.2 Å². The molecule has 1 heterocycles. The van der Waals surface area contributed by atoms with Crippen LogP contribution in [-0.4, -0.2) is 27.5 Å². The van der Waals surface area contributed by atoms with Crippen LogP contribution >= 0.6 is 0 Å². The summed E-state index contributed by atoms with van der Waals surface area (Å²) in [6, 6.07) is 12.5. The first-order valence-electron chi connectivity index (χ1n) is 9.62. The smallest absolute Gasteiger partial charge is 0.320 e. The van der Waals surface area contributed by atoms with Gasteiger partial charge in [-0.3, -0.25) is 5.32 Å². The van der Waals surface area contributed by atoms with Gasteiger partial charge in [0, 0.05) is 11.6 Å². The van der Waals surface area contributed by atoms with E-state index in [1.54, 1.807) is 10.7 Å². The Morgan fingerprint density at radius 1 is 1.13 bits per heavy atom. The number of aliphatic hydroxyl groups is 1. The molecule has 3 aromatic rings. The number of hydrogen-bond acceptors (Lipinski definition) is 3. The number of carbonyl (C=O) groups excluding carboxylic acids is 1. The van der Waals surface area contributed by atoms with E-state index in [0.717, 1.165) is 29.5 Å². The standard InChI is InChI=1S/C22H24F2N4O2/c1-14(2)19-11-21(28(27-19)12-15-6-4-3-5-7-15)26-22(30)25-20(13-29)17-10-16(23)8-9-18(17)24/h3-11,14,20,29H,12-13H2,1-2H3,(H2,25,26,30). The fraction of sp³-hybridized carbons (Fsp3) is 0.273. The highest BCUT2D eigenvalue weighted by Crippen LogP contribution is 2.21. The molecule has 1 unspecified atom stereocenters. The van der Waals surface area contributed by atoms with Crippen molar-refractivity contribution in [1.82, 2.24) is 15.1 Å². The molecule has 158 valence electrons. The molecule has 0 aliphatic carbocycles. The Hall–Kier alpha value is -3.26. The molecule has 1 atom stereocenters. The monoisotopic (exact) mass is 414 g/mol. The predicted molar refractivity (Wildman–Crippen MR) is 110 cm³/mol. The number of rotatable bonds is 7. The summed E-state index contributed by atoms with van der Waals surface area (Å²) in [5.41, 5.74) is 1.68. The molecule has 0 saturated heterocycles. The van der Waals surface area contributed by atoms with Crippen LogP contribution in [0.15, 0.2) is 54.6 Å². The summed E-state index contributed by atoms with van der Waals surface area (Å²) in [7, 11) is 0. The van der Waals surface area contributed by atoms with Crippen LogP contribution in [0.1, 0.15) is 42.6 Å². The largest absolute Gasteiger partial charge is 0.394 e. The molecule has 0 aliphatic rings. The molecule has 0 saturated carbocycles. The number of anilines is 1. The van der Waals surface area contributed by atoms with Crippen LogP contribution < -0.4 is 10.6 Å². The minimum absolute atomic E-state index is 0.131. The zero-order valence-electron chi connectivity index (χ0n) is 16.8. The van der Waals surface area contributed by atoms with Crippen LogP contribution in [0.3, 0.4) is 0 Å². The van der Waals surface area contributed by atoms with E-state index < -0.39 is 30.3 Å². The molecule has 2 aromatic carbocycles. The van der Waals surface area contributed by atoms with Gasteiger partial charge in [0.2, 0.25) is 0 Å². The number of hydrogen-bond donors (Lipinski definition) is 3. The maximum absolute atomic E-state index is 14.0. The molecule has 0 radical (unpaired) electrons. The lowest BCUT2D eigenvalue weighted by Crippen LogP contribution is -2.35. The van der Waals surface area contributed by atoms with Gasteiger partial charge < -0.3 is 10.4 Å². The Morgan fingerprint density at radius 2 is 1.87 bits per heavy atom. The third kappa shape index (κ3) is 5.21. The van der Waals surface area contributed by atoms with Crippen molar-refractivity contribution in [3.63, 3.8) is 0 Å². The van der Waals surface area contributed by atoms with E-state index in [1.807, 2.05) is 44.2 Å². The number of aromatic nitrogens is 2. The van der Waals surface area contributed by atoms with Crippen molar-refractivity contribution < 1.29 is 18.7 Å². The molecule has 2 amide bonds. The van der Waals surface area contributed by atoms with Crippen molar-refractivity contribution in [3.05, 3.63) is 83.1 Å². The van der Waals surface area contributed by atoms with Crippen molar-refractivity contribution in [1.29, 1.82) is 0 Å². The maximum atomic E-state index is 14.0. The highest BCUT2D eigenvalue weighted by molar-refractivity contribution is 5.88. The SMILES string of the molecule is CC(C)c1cc(NC(=O)NC(CO)c2cc(F)ccc2F)n(Cc2ccccc2)n1. The molecule has 1 aromatic heterocycles. The van der Waals surface area contributed by atoms with Gasteiger partial charge in [-0.2, -0.15) is 5.10 Å². The molecule has 3 N–H and O–H groups in total. The van der Waals surface area contributed by atoms with Crippen molar-refractivity contribution >= 4 is 11.8 Å². The number of nitrogens with zero attached hydrogens (tertiary/aromatic N) is 2. The van der Waals surface area contributed by atoms with Gasteiger partial charge in [-0.05, 0) is 29.7 Å². The lowest BCUT2D eigenvalue weighted by atomic mass is 10.1. The van der Waals surface area contributed by atoms with E-state index in [-0.39, 0.29) is 11.5 Å². The Balaban J connectivity index is 1.78. The molecule has 0 fully saturated rings. The zero-order valence-corrected chi connectivity index (χ0v) is 16.8. The lowest BCUT2D eigenvalue weighted by Gasteiger charge is -2.18. The Bertz CT molecular complexity index is 1010. The van der Waals surface area contributed by atoms with Crippen molar-refractivity contribution in [2.75, 3.05) is 11.9 Å². The number of aliphatic hydroxyl groups excluding tert-OH is 1. The minimum Gasteiger partial charge on any atom is -0.394 e. The summed E-state index contributed by atoms with van der Waals surface area (Å²) in [6.07, 6.45) is 0. The van der Waals surface area contributed by atoms with Gasteiger partial charge in [0.05, 0.1) is 24.9 Å². The second-order valence-corrected chi connectivity index (χ2v) is 7.25. The molecule has 8 heteroatoms. The van der Waals surface area contributed by atoms with Crippen molar-refractivity contribution in [2.45, 2.75) is 32.4 Å². The third-order valence-electron chi connectivity index (χ3n) is 4.63. The van der Waals surface area contributed by atoms with Gasteiger partial charge in [-0.25, -0.2) is 18.3 Å². The van der Waals surface area contributed by atoms with E-state index in [9.17, 15) is 18.7 Å². The average Bonchev–Trinajstić information content (AvgIpc) is 3.11. The van der Waals surface area contributed by atoms with Crippen molar-refractivity contribution in [2.24, 2.45) is 0 Å². The van der Waals surface area contributed by atoms with Gasteiger partial charge in [0.1, 0.15) is 17.5 Å². The molecule has 6 nitrogen and oxygen atoms in total. The van der Waals surface area contributed by atoms with Crippen molar-refractivity contribution in [3.8, 4) is 0 Å². The Morgan fingerprint density at radius 3 is 2.53 bits per heavy atom. The quantitative estimate of drug-likeness (QED) is 0.542. The number of carbonyl (C=O) groups is 1. The second-order valence-electron chi connectivity index (χ2n) is 7.25. The number of urea groups is 1. The molecule has 30 heavy (non-hydrogen) atoms. The summed E-state index contributed by atoms with van der Waals surface area (Å²) in [6.45, 7) is 3.85. The molecular weight excluding hydrogens is 390 g/mol. The highest BCUT2D eigenvalue weighted by Gasteiger charge is 2.20. The van der Waals surface area contributed by atoms with Crippen LogP contribution in [-0.2, 0) is 6.54 Å². The van der Waals surface area contributed by atoms with Gasteiger partial charge in [0.25, 0.3) is 0 Å². The molecule has 0 spiro atoms. The number of nitrogens with one attached hydrogen (secondary N) is 2. The van der Waals surface area contributed by atoms with Crippen LogP contribution in [0, 0.1) is 11.6 Å². The van der Waals surface area contributed by atoms with Crippen LogP contribution in [0.4, 0.5) is 19.4 Å². The molecule has 0 bridgehead atoms. The first-order valence-corrected chi connectivity index (χ1v) is 9.62.